The molecule has 218 valence electrons. The molecule has 4 N–H and O–H groups in total. The number of fused-ring (bicyclic) bond motifs is 1. The number of nitrogen functional groups attached to an aromatic ring is 1. The summed E-state index contributed by atoms with van der Waals surface area (Å²) in [5.74, 6) is 2.61. The second-order valence-corrected chi connectivity index (χ2v) is 11.0. The number of nitrogens with zero attached hydrogens (tertiary/aromatic N) is 3. The number of ether oxygens (including phenoxy) is 1. The molecule has 5 rings (SSSR count). The minimum absolute atomic E-state index is 0.425. The van der Waals surface area contributed by atoms with Crippen molar-refractivity contribution in [3.63, 3.8) is 0 Å². The lowest BCUT2D eigenvalue weighted by Gasteiger charge is -2.15. The Balaban J connectivity index is 1.02. The molecule has 7 nitrogen and oxygen atoms in total. The number of para-hydroxylation sites is 1. The lowest BCUT2D eigenvalue weighted by Crippen LogP contribution is -2.26. The number of allylic oxidation sites excluding steroid dienone is 2. The van der Waals surface area contributed by atoms with Crippen LogP contribution in [0.3, 0.4) is 0 Å². The summed E-state index contributed by atoms with van der Waals surface area (Å²) in [4.78, 5) is 8.93. The molecule has 0 saturated heterocycles. The fourth-order valence-electron chi connectivity index (χ4n) is 5.82. The third kappa shape index (κ3) is 7.55. The van der Waals surface area contributed by atoms with Crippen molar-refractivity contribution < 1.29 is 4.74 Å². The predicted molar refractivity (Wildman–Crippen MR) is 173 cm³/mol. The van der Waals surface area contributed by atoms with E-state index >= 15 is 0 Å². The molecule has 4 aromatic rings. The number of hydrogen-bond acceptors (Lipinski definition) is 6. The van der Waals surface area contributed by atoms with E-state index in [9.17, 15) is 0 Å². The highest BCUT2D eigenvalue weighted by Gasteiger charge is 2.28. The topological polar surface area (TPSA) is 90.0 Å². The van der Waals surface area contributed by atoms with Gasteiger partial charge in [-0.3, -0.25) is 0 Å². The van der Waals surface area contributed by atoms with Crippen LogP contribution >= 0.6 is 0 Å². The van der Waals surface area contributed by atoms with E-state index < -0.39 is 0 Å². The van der Waals surface area contributed by atoms with Gasteiger partial charge in [0.25, 0.3) is 0 Å². The van der Waals surface area contributed by atoms with Crippen LogP contribution in [0.25, 0.3) is 22.2 Å². The predicted octanol–water partition coefficient (Wildman–Crippen LogP) is 6.69. The molecule has 1 aliphatic rings. The number of aromatic nitrogens is 3. The van der Waals surface area contributed by atoms with Gasteiger partial charge in [-0.15, -0.1) is 0 Å². The van der Waals surface area contributed by atoms with Gasteiger partial charge >= 0.3 is 0 Å². The van der Waals surface area contributed by atoms with Gasteiger partial charge in [-0.25, -0.2) is 9.97 Å². The SMILES string of the molecule is C=C/C(=C\C(=C)Oc1ccccc1)CCNCCCNC[C@@H]1CC[C@H](n2cc(-c3ccccc3)c3c(N)ncnc32)C1. The van der Waals surface area contributed by atoms with Crippen molar-refractivity contribution in [1.29, 1.82) is 0 Å². The Labute approximate surface area is 249 Å². The number of anilines is 1. The number of nitrogens with two attached hydrogens (primary N) is 1. The van der Waals surface area contributed by atoms with Crippen LogP contribution in [-0.2, 0) is 0 Å². The quantitative estimate of drug-likeness (QED) is 0.0850. The fourth-order valence-corrected chi connectivity index (χ4v) is 5.82. The lowest BCUT2D eigenvalue weighted by atomic mass is 10.1. The van der Waals surface area contributed by atoms with E-state index in [4.69, 9.17) is 10.5 Å². The molecule has 2 heterocycles. The summed E-state index contributed by atoms with van der Waals surface area (Å²) in [5.41, 5.74) is 10.6. The third-order valence-electron chi connectivity index (χ3n) is 7.96. The van der Waals surface area contributed by atoms with Crippen molar-refractivity contribution in [2.75, 3.05) is 31.9 Å². The van der Waals surface area contributed by atoms with Gasteiger partial charge in [-0.2, -0.15) is 0 Å². The molecular weight excluding hydrogens is 520 g/mol. The molecule has 7 heteroatoms. The van der Waals surface area contributed by atoms with Crippen LogP contribution < -0.4 is 21.1 Å². The Morgan fingerprint density at radius 3 is 2.55 bits per heavy atom. The van der Waals surface area contributed by atoms with Crippen LogP contribution in [0, 0.1) is 5.92 Å². The van der Waals surface area contributed by atoms with Gasteiger partial charge in [0.1, 0.15) is 29.3 Å². The van der Waals surface area contributed by atoms with E-state index in [1.54, 1.807) is 6.33 Å². The molecule has 0 bridgehead atoms. The van der Waals surface area contributed by atoms with Gasteiger partial charge in [0.05, 0.1) is 5.39 Å². The summed E-state index contributed by atoms with van der Waals surface area (Å²) in [6, 6.07) is 20.5. The van der Waals surface area contributed by atoms with Crippen LogP contribution in [-0.4, -0.2) is 40.7 Å². The first-order chi connectivity index (χ1) is 20.6. The second-order valence-electron chi connectivity index (χ2n) is 11.0. The summed E-state index contributed by atoms with van der Waals surface area (Å²) in [7, 11) is 0. The Bertz CT molecular complexity index is 1490. The molecule has 2 aromatic heterocycles. The van der Waals surface area contributed by atoms with Crippen molar-refractivity contribution in [1.82, 2.24) is 25.2 Å². The van der Waals surface area contributed by atoms with Crippen LogP contribution in [0.1, 0.15) is 38.1 Å². The highest BCUT2D eigenvalue weighted by molar-refractivity contribution is 6.00. The zero-order valence-electron chi connectivity index (χ0n) is 24.3. The maximum Gasteiger partial charge on any atom is 0.146 e. The molecular formula is C35H42N6O. The van der Waals surface area contributed by atoms with Gasteiger partial charge in [-0.1, -0.05) is 67.8 Å². The first kappa shape index (κ1) is 29.3. The monoisotopic (exact) mass is 562 g/mol. The van der Waals surface area contributed by atoms with Crippen molar-refractivity contribution in [3.05, 3.63) is 110 Å². The highest BCUT2D eigenvalue weighted by atomic mass is 16.5. The number of benzene rings is 2. The summed E-state index contributed by atoms with van der Waals surface area (Å²) in [6.07, 6.45) is 13.1. The summed E-state index contributed by atoms with van der Waals surface area (Å²) in [6.45, 7) is 11.9. The van der Waals surface area contributed by atoms with Gasteiger partial charge < -0.3 is 25.7 Å². The number of rotatable bonds is 15. The van der Waals surface area contributed by atoms with Crippen molar-refractivity contribution in [2.24, 2.45) is 5.92 Å². The lowest BCUT2D eigenvalue weighted by molar-refractivity contribution is 0.446. The van der Waals surface area contributed by atoms with E-state index in [-0.39, 0.29) is 0 Å². The van der Waals surface area contributed by atoms with Crippen LogP contribution in [0.4, 0.5) is 5.82 Å². The molecule has 1 saturated carbocycles. The highest BCUT2D eigenvalue weighted by Crippen LogP contribution is 2.40. The Kier molecular flexibility index (Phi) is 10.2. The zero-order valence-corrected chi connectivity index (χ0v) is 24.3. The minimum atomic E-state index is 0.425. The molecule has 0 aliphatic heterocycles. The standard InChI is InChI=1S/C35H42N6O/c1-3-27(21-26(2)42-31-13-8-5-9-14-31)17-20-37-18-10-19-38-23-28-15-16-30(22-28)41-24-32(29-11-6-4-7-12-29)33-34(36)39-25-40-35(33)41/h3-9,11-14,21,24-25,28,30,37-38H,1-2,10,15-20,22-23H2,(H2,36,39,40)/b27-21+/t28-,30+/m1/s1. The second kappa shape index (κ2) is 14.6. The minimum Gasteiger partial charge on any atom is -0.458 e. The molecule has 42 heavy (non-hydrogen) atoms. The Morgan fingerprint density at radius 2 is 1.76 bits per heavy atom. The van der Waals surface area contributed by atoms with Gasteiger partial charge in [-0.05, 0) is 93.5 Å². The van der Waals surface area contributed by atoms with Gasteiger partial charge in [0.2, 0.25) is 0 Å². The summed E-state index contributed by atoms with van der Waals surface area (Å²) >= 11 is 0. The maximum absolute atomic E-state index is 6.33. The first-order valence-corrected chi connectivity index (χ1v) is 14.9. The molecule has 0 amide bonds. The smallest absolute Gasteiger partial charge is 0.146 e. The molecule has 1 fully saturated rings. The zero-order chi connectivity index (χ0) is 29.1. The van der Waals surface area contributed by atoms with Gasteiger partial charge in [0, 0.05) is 17.8 Å². The molecule has 0 radical (unpaired) electrons. The van der Waals surface area contributed by atoms with E-state index in [0.29, 0.717) is 23.5 Å². The van der Waals surface area contributed by atoms with Crippen LogP contribution in [0.2, 0.25) is 0 Å². The number of nitrogens with one attached hydrogen (secondary N) is 2. The van der Waals surface area contributed by atoms with Crippen LogP contribution in [0.15, 0.2) is 110 Å². The van der Waals surface area contributed by atoms with E-state index in [0.717, 1.165) is 85.3 Å². The fraction of sp³-hybridized carbons (Fsp3) is 0.314. The average Bonchev–Trinajstić information content (AvgIpc) is 3.64. The molecule has 1 aliphatic carbocycles. The summed E-state index contributed by atoms with van der Waals surface area (Å²) in [5, 5.41) is 8.19. The molecule has 0 spiro atoms. The number of hydrogen-bond donors (Lipinski definition) is 3. The third-order valence-corrected chi connectivity index (χ3v) is 7.96. The molecule has 2 atom stereocenters. The normalized spacial score (nSPS) is 17.0. The molecule has 0 unspecified atom stereocenters. The Morgan fingerprint density at radius 1 is 1.00 bits per heavy atom. The van der Waals surface area contributed by atoms with E-state index in [1.807, 2.05) is 48.6 Å². The van der Waals surface area contributed by atoms with Crippen LogP contribution in [0.5, 0.6) is 5.75 Å². The average molecular weight is 563 g/mol. The maximum atomic E-state index is 6.33. The summed E-state index contributed by atoms with van der Waals surface area (Å²) < 4.78 is 8.12. The Hall–Kier alpha value is -4.20. The van der Waals surface area contributed by atoms with Crippen molar-refractivity contribution in [3.8, 4) is 16.9 Å². The largest absolute Gasteiger partial charge is 0.458 e. The van der Waals surface area contributed by atoms with Crippen molar-refractivity contribution >= 4 is 16.9 Å². The van der Waals surface area contributed by atoms with E-state index in [1.165, 1.54) is 6.42 Å². The first-order valence-electron chi connectivity index (χ1n) is 14.9. The van der Waals surface area contributed by atoms with Crippen molar-refractivity contribution in [2.45, 2.75) is 38.1 Å². The van der Waals surface area contributed by atoms with E-state index in [2.05, 4.69) is 68.8 Å². The van der Waals surface area contributed by atoms with Gasteiger partial charge in [0.15, 0.2) is 0 Å². The molecule has 2 aromatic carbocycles.